The third kappa shape index (κ3) is 3.89. The Kier molecular flexibility index (Phi) is 5.88. The second-order valence-electron chi connectivity index (χ2n) is 5.93. The molecule has 0 unspecified atom stereocenters. The highest BCUT2D eigenvalue weighted by Crippen LogP contribution is 2.42. The van der Waals surface area contributed by atoms with E-state index in [1.807, 2.05) is 24.3 Å². The highest BCUT2D eigenvalue weighted by atomic mass is 16.5. The Morgan fingerprint density at radius 1 is 1.05 bits per heavy atom. The van der Waals surface area contributed by atoms with Gasteiger partial charge in [-0.3, -0.25) is 0 Å². The molecule has 1 aromatic rings. The van der Waals surface area contributed by atoms with Gasteiger partial charge in [0.15, 0.2) is 0 Å². The van der Waals surface area contributed by atoms with Gasteiger partial charge in [-0.05, 0) is 49.4 Å². The van der Waals surface area contributed by atoms with Crippen LogP contribution in [0.5, 0.6) is 11.5 Å². The summed E-state index contributed by atoms with van der Waals surface area (Å²) in [5.41, 5.74) is -0.400. The van der Waals surface area contributed by atoms with Crippen molar-refractivity contribution in [3.8, 4) is 11.5 Å². The normalized spacial score (nSPS) is 16.1. The molecule has 2 N–H and O–H groups in total. The summed E-state index contributed by atoms with van der Waals surface area (Å²) in [4.78, 5) is 0. The number of hydrogen-bond donors (Lipinski definition) is 2. The molecular weight excluding hydrogens is 268 g/mol. The molecule has 0 aromatic heterocycles. The van der Waals surface area contributed by atoms with Crippen molar-refractivity contribution in [2.24, 2.45) is 11.3 Å². The molecule has 1 saturated carbocycles. The molecule has 1 fully saturated rings. The number of rotatable bonds is 8. The van der Waals surface area contributed by atoms with Crippen molar-refractivity contribution in [3.05, 3.63) is 24.3 Å². The van der Waals surface area contributed by atoms with E-state index < -0.39 is 5.41 Å². The molecule has 0 atom stereocenters. The summed E-state index contributed by atoms with van der Waals surface area (Å²) in [7, 11) is 1.63. The predicted octanol–water partition coefficient (Wildman–Crippen LogP) is 2.63. The summed E-state index contributed by atoms with van der Waals surface area (Å²) in [5.74, 6) is 1.99. The van der Waals surface area contributed by atoms with Gasteiger partial charge >= 0.3 is 0 Å². The molecule has 0 aliphatic heterocycles. The minimum atomic E-state index is -0.400. The molecule has 2 rings (SSSR count). The summed E-state index contributed by atoms with van der Waals surface area (Å²) >= 11 is 0. The SMILES string of the molecule is COc1ccc(OCCC(CO)(CO)C2CCCC2)cc1. The van der Waals surface area contributed by atoms with Gasteiger partial charge < -0.3 is 19.7 Å². The molecule has 4 heteroatoms. The van der Waals surface area contributed by atoms with Crippen LogP contribution in [-0.4, -0.2) is 37.1 Å². The Morgan fingerprint density at radius 2 is 1.62 bits per heavy atom. The maximum Gasteiger partial charge on any atom is 0.119 e. The van der Waals surface area contributed by atoms with Gasteiger partial charge in [0.05, 0.1) is 26.9 Å². The summed E-state index contributed by atoms with van der Waals surface area (Å²) < 4.78 is 10.9. The number of hydrogen-bond acceptors (Lipinski definition) is 4. The minimum absolute atomic E-state index is 0.0279. The minimum Gasteiger partial charge on any atom is -0.497 e. The fourth-order valence-electron chi connectivity index (χ4n) is 3.25. The van der Waals surface area contributed by atoms with Crippen molar-refractivity contribution < 1.29 is 19.7 Å². The standard InChI is InChI=1S/C17H26O4/c1-20-15-6-8-16(9-7-15)21-11-10-17(12-18,13-19)14-4-2-3-5-14/h6-9,14,18-19H,2-5,10-13H2,1H3. The zero-order valence-electron chi connectivity index (χ0n) is 12.8. The van der Waals surface area contributed by atoms with Crippen molar-refractivity contribution in [2.45, 2.75) is 32.1 Å². The Labute approximate surface area is 126 Å². The summed E-state index contributed by atoms with van der Waals surface area (Å²) in [6.07, 6.45) is 5.28. The number of benzene rings is 1. The lowest BCUT2D eigenvalue weighted by Crippen LogP contribution is -2.38. The monoisotopic (exact) mass is 294 g/mol. The van der Waals surface area contributed by atoms with Crippen LogP contribution in [0.4, 0.5) is 0 Å². The lowest BCUT2D eigenvalue weighted by Gasteiger charge is -2.35. The van der Waals surface area contributed by atoms with E-state index in [-0.39, 0.29) is 13.2 Å². The lowest BCUT2D eigenvalue weighted by molar-refractivity contribution is -0.0107. The van der Waals surface area contributed by atoms with E-state index in [2.05, 4.69) is 0 Å². The smallest absolute Gasteiger partial charge is 0.119 e. The number of ether oxygens (including phenoxy) is 2. The maximum absolute atomic E-state index is 9.77. The Bertz CT molecular complexity index is 405. The number of aliphatic hydroxyl groups excluding tert-OH is 2. The zero-order valence-corrected chi connectivity index (χ0v) is 12.8. The van der Waals surface area contributed by atoms with Gasteiger partial charge in [-0.25, -0.2) is 0 Å². The number of aliphatic hydroxyl groups is 2. The van der Waals surface area contributed by atoms with Gasteiger partial charge in [-0.2, -0.15) is 0 Å². The lowest BCUT2D eigenvalue weighted by atomic mass is 9.73. The first kappa shape index (κ1) is 16.1. The molecule has 0 heterocycles. The molecule has 1 aromatic carbocycles. The molecule has 0 saturated heterocycles. The summed E-state index contributed by atoms with van der Waals surface area (Å²) in [6.45, 7) is 0.560. The first-order valence-electron chi connectivity index (χ1n) is 7.72. The summed E-state index contributed by atoms with van der Waals surface area (Å²) in [5, 5.41) is 19.5. The van der Waals surface area contributed by atoms with Gasteiger partial charge in [0.1, 0.15) is 11.5 Å². The van der Waals surface area contributed by atoms with Crippen molar-refractivity contribution in [1.82, 2.24) is 0 Å². The molecule has 0 amide bonds. The highest BCUT2D eigenvalue weighted by molar-refractivity contribution is 5.31. The first-order chi connectivity index (χ1) is 10.2. The van der Waals surface area contributed by atoms with Crippen LogP contribution in [0.3, 0.4) is 0 Å². The van der Waals surface area contributed by atoms with Gasteiger partial charge in [0.25, 0.3) is 0 Å². The van der Waals surface area contributed by atoms with Crippen LogP contribution >= 0.6 is 0 Å². The van der Waals surface area contributed by atoms with Crippen molar-refractivity contribution in [2.75, 3.05) is 26.9 Å². The molecule has 21 heavy (non-hydrogen) atoms. The topological polar surface area (TPSA) is 58.9 Å². The highest BCUT2D eigenvalue weighted by Gasteiger charge is 2.39. The van der Waals surface area contributed by atoms with Crippen LogP contribution in [0.1, 0.15) is 32.1 Å². The maximum atomic E-state index is 9.77. The molecule has 0 bridgehead atoms. The van der Waals surface area contributed by atoms with Crippen molar-refractivity contribution in [1.29, 1.82) is 0 Å². The van der Waals surface area contributed by atoms with E-state index in [0.717, 1.165) is 24.3 Å². The van der Waals surface area contributed by atoms with E-state index in [9.17, 15) is 10.2 Å². The molecule has 118 valence electrons. The molecule has 1 aliphatic carbocycles. The Hall–Kier alpha value is -1.26. The predicted molar refractivity (Wildman–Crippen MR) is 81.7 cm³/mol. The van der Waals surface area contributed by atoms with Crippen LogP contribution in [0.15, 0.2) is 24.3 Å². The second kappa shape index (κ2) is 7.66. The molecule has 0 radical (unpaired) electrons. The Balaban J connectivity index is 1.89. The van der Waals surface area contributed by atoms with E-state index in [1.165, 1.54) is 12.8 Å². The second-order valence-corrected chi connectivity index (χ2v) is 5.93. The van der Waals surface area contributed by atoms with E-state index in [1.54, 1.807) is 7.11 Å². The number of methoxy groups -OCH3 is 1. The van der Waals surface area contributed by atoms with Gasteiger partial charge in [-0.15, -0.1) is 0 Å². The quantitative estimate of drug-likeness (QED) is 0.774. The van der Waals surface area contributed by atoms with Crippen molar-refractivity contribution >= 4 is 0 Å². The van der Waals surface area contributed by atoms with Gasteiger partial charge in [-0.1, -0.05) is 12.8 Å². The third-order valence-electron chi connectivity index (χ3n) is 4.78. The Morgan fingerprint density at radius 3 is 2.14 bits per heavy atom. The molecule has 1 aliphatic rings. The van der Waals surface area contributed by atoms with Crippen LogP contribution in [0.2, 0.25) is 0 Å². The van der Waals surface area contributed by atoms with E-state index in [0.29, 0.717) is 18.9 Å². The fourth-order valence-corrected chi connectivity index (χ4v) is 3.25. The molecule has 4 nitrogen and oxygen atoms in total. The van der Waals surface area contributed by atoms with Crippen LogP contribution in [0.25, 0.3) is 0 Å². The van der Waals surface area contributed by atoms with E-state index in [4.69, 9.17) is 9.47 Å². The largest absolute Gasteiger partial charge is 0.497 e. The van der Waals surface area contributed by atoms with Crippen LogP contribution in [0, 0.1) is 11.3 Å². The average Bonchev–Trinajstić information content (AvgIpc) is 3.07. The van der Waals surface area contributed by atoms with Crippen molar-refractivity contribution in [3.63, 3.8) is 0 Å². The average molecular weight is 294 g/mol. The summed E-state index contributed by atoms with van der Waals surface area (Å²) in [6, 6.07) is 7.46. The van der Waals surface area contributed by atoms with Crippen LogP contribution < -0.4 is 9.47 Å². The van der Waals surface area contributed by atoms with Gasteiger partial charge in [0, 0.05) is 5.41 Å². The fraction of sp³-hybridized carbons (Fsp3) is 0.647. The van der Waals surface area contributed by atoms with Crippen LogP contribution in [-0.2, 0) is 0 Å². The molecular formula is C17H26O4. The van der Waals surface area contributed by atoms with Gasteiger partial charge in [0.2, 0.25) is 0 Å². The third-order valence-corrected chi connectivity index (χ3v) is 4.78. The zero-order chi connectivity index (χ0) is 15.1. The molecule has 0 spiro atoms. The van der Waals surface area contributed by atoms with E-state index >= 15 is 0 Å². The first-order valence-corrected chi connectivity index (χ1v) is 7.72.